The number of amides is 1. The number of carbonyl (C=O) groups excluding carboxylic acids is 1. The Morgan fingerprint density at radius 2 is 1.94 bits per heavy atom. The van der Waals surface area contributed by atoms with E-state index in [1.54, 1.807) is 37.6 Å². The van der Waals surface area contributed by atoms with Crippen molar-refractivity contribution >= 4 is 16.8 Å². The van der Waals surface area contributed by atoms with Crippen LogP contribution in [0.5, 0.6) is 0 Å². The number of hydrogen-bond acceptors (Lipinski definition) is 4. The van der Waals surface area contributed by atoms with Gasteiger partial charge >= 0.3 is 0 Å². The summed E-state index contributed by atoms with van der Waals surface area (Å²) in [5, 5.41) is 14.7. The minimum Gasteiger partial charge on any atom is -0.392 e. The van der Waals surface area contributed by atoms with Crippen LogP contribution in [-0.2, 0) is 26.7 Å². The first-order chi connectivity index (χ1) is 15.6. The van der Waals surface area contributed by atoms with Gasteiger partial charge in [-0.05, 0) is 47.5 Å². The molecular weight excluding hydrogens is 402 g/mol. The number of hydrogen-bond donors (Lipinski definition) is 1. The summed E-state index contributed by atoms with van der Waals surface area (Å²) in [4.78, 5) is 18.0. The molecule has 2 aromatic carbocycles. The zero-order valence-electron chi connectivity index (χ0n) is 18.4. The summed E-state index contributed by atoms with van der Waals surface area (Å²) in [5.74, 6) is -2.00. The van der Waals surface area contributed by atoms with Crippen LogP contribution >= 0.6 is 0 Å². The molecule has 0 radical (unpaired) electrons. The van der Waals surface area contributed by atoms with E-state index in [-0.39, 0.29) is 41.2 Å². The van der Waals surface area contributed by atoms with Crippen LogP contribution in [0.2, 0.25) is 0 Å². The molecule has 31 heavy (non-hydrogen) atoms. The van der Waals surface area contributed by atoms with Gasteiger partial charge in [0, 0.05) is 36.0 Å². The highest BCUT2D eigenvalue weighted by Crippen LogP contribution is 2.31. The summed E-state index contributed by atoms with van der Waals surface area (Å²) in [6, 6.07) is 8.50. The highest BCUT2D eigenvalue weighted by atomic mass is 19.1. The van der Waals surface area contributed by atoms with E-state index in [4.69, 9.17) is 2.74 Å². The minimum absolute atomic E-state index is 0.103. The Morgan fingerprint density at radius 3 is 2.65 bits per heavy atom. The molecule has 156 valence electrons. The third-order valence-electron chi connectivity index (χ3n) is 5.42. The lowest BCUT2D eigenvalue weighted by atomic mass is 9.99. The minimum atomic E-state index is -2.70. The summed E-state index contributed by atoms with van der Waals surface area (Å²) in [6.45, 7) is -2.78. The number of rotatable bonds is 4. The Kier molecular flexibility index (Phi) is 3.99. The van der Waals surface area contributed by atoms with Gasteiger partial charge < -0.3 is 10.0 Å². The van der Waals surface area contributed by atoms with Gasteiger partial charge in [0.2, 0.25) is 0 Å². The van der Waals surface area contributed by atoms with E-state index >= 15 is 8.78 Å². The first-order valence-electron chi connectivity index (χ1n) is 10.5. The second-order valence-corrected chi connectivity index (χ2v) is 7.45. The summed E-state index contributed by atoms with van der Waals surface area (Å²) in [6.07, 6.45) is 3.19. The fourth-order valence-electron chi connectivity index (χ4n) is 3.93. The molecule has 5 rings (SSSR count). The smallest absolute Gasteiger partial charge is 0.256 e. The highest BCUT2D eigenvalue weighted by molar-refractivity contribution is 5.97. The third kappa shape index (κ3) is 3.25. The average molecular weight is 422 g/mol. The van der Waals surface area contributed by atoms with Gasteiger partial charge in [-0.1, -0.05) is 0 Å². The lowest BCUT2D eigenvalue weighted by Gasteiger charge is -2.17. The molecule has 2 aromatic heterocycles. The summed E-state index contributed by atoms with van der Waals surface area (Å²) in [7, 11) is 1.65. The lowest BCUT2D eigenvalue weighted by Crippen LogP contribution is -2.24. The van der Waals surface area contributed by atoms with E-state index < -0.39 is 18.2 Å². The molecule has 0 unspecified atom stereocenters. The zero-order chi connectivity index (χ0) is 23.5. The quantitative estimate of drug-likeness (QED) is 0.546. The molecule has 3 heterocycles. The maximum Gasteiger partial charge on any atom is 0.256 e. The Bertz CT molecular complexity index is 1410. The van der Waals surface area contributed by atoms with Crippen LogP contribution < -0.4 is 0 Å². The van der Waals surface area contributed by atoms with Crippen LogP contribution in [0, 0.1) is 11.6 Å². The Hall–Kier alpha value is -3.65. The number of benzene rings is 2. The molecule has 8 heteroatoms. The van der Waals surface area contributed by atoms with Gasteiger partial charge in [0.25, 0.3) is 5.91 Å². The van der Waals surface area contributed by atoms with Crippen LogP contribution in [0.3, 0.4) is 0 Å². The number of nitrogens with zero attached hydrogens (tertiary/aromatic N) is 4. The van der Waals surface area contributed by atoms with Crippen molar-refractivity contribution in [2.75, 3.05) is 0 Å². The number of pyridine rings is 1. The first-order valence-corrected chi connectivity index (χ1v) is 9.53. The number of carbonyl (C=O) groups is 1. The normalized spacial score (nSPS) is 14.7. The highest BCUT2D eigenvalue weighted by Gasteiger charge is 2.29. The molecule has 0 spiro atoms. The zero-order valence-corrected chi connectivity index (χ0v) is 16.4. The van der Waals surface area contributed by atoms with Crippen molar-refractivity contribution < 1.29 is 21.4 Å². The van der Waals surface area contributed by atoms with Crippen LogP contribution in [0.15, 0.2) is 48.8 Å². The standard InChI is InChI=1S/C23H18F2N4O2/c1-28-9-15-5-13(6-16(12-30)22(15)27-28)14-7-19(24)18(20(25)8-14)10-29-11-21-17(23(29)31)3-2-4-26-21/h2-9,30H,10-12H2,1H3/i12D2. The predicted octanol–water partition coefficient (Wildman–Crippen LogP) is 3.56. The van der Waals surface area contributed by atoms with Crippen molar-refractivity contribution in [3.63, 3.8) is 0 Å². The molecule has 0 saturated carbocycles. The molecule has 1 amide bonds. The fourth-order valence-corrected chi connectivity index (χ4v) is 3.93. The number of aliphatic hydroxyl groups is 1. The number of aryl methyl sites for hydroxylation is 1. The summed E-state index contributed by atoms with van der Waals surface area (Å²) in [5.41, 5.74) is 1.38. The Labute approximate surface area is 179 Å². The van der Waals surface area contributed by atoms with Gasteiger partial charge in [0.05, 0.1) is 39.2 Å². The van der Waals surface area contributed by atoms with E-state index in [1.165, 1.54) is 15.6 Å². The molecule has 0 fully saturated rings. The Balaban J connectivity index is 1.52. The average Bonchev–Trinajstić information content (AvgIpc) is 3.28. The molecule has 4 aromatic rings. The molecule has 0 atom stereocenters. The molecule has 1 aliphatic rings. The molecule has 0 saturated heterocycles. The molecule has 0 aliphatic carbocycles. The summed E-state index contributed by atoms with van der Waals surface area (Å²) < 4.78 is 47.0. The van der Waals surface area contributed by atoms with Crippen molar-refractivity contribution in [3.8, 4) is 11.1 Å². The molecular formula is C23H18F2N4O2. The van der Waals surface area contributed by atoms with Crippen molar-refractivity contribution in [1.82, 2.24) is 19.7 Å². The monoisotopic (exact) mass is 422 g/mol. The van der Waals surface area contributed by atoms with E-state index in [9.17, 15) is 9.90 Å². The number of halogens is 2. The van der Waals surface area contributed by atoms with E-state index in [0.717, 1.165) is 12.1 Å². The van der Waals surface area contributed by atoms with Gasteiger partial charge in [-0.3, -0.25) is 14.5 Å². The third-order valence-corrected chi connectivity index (χ3v) is 5.42. The van der Waals surface area contributed by atoms with Gasteiger partial charge in [-0.15, -0.1) is 0 Å². The molecule has 1 N–H and O–H groups in total. The topological polar surface area (TPSA) is 71.2 Å². The van der Waals surface area contributed by atoms with E-state index in [1.807, 2.05) is 0 Å². The lowest BCUT2D eigenvalue weighted by molar-refractivity contribution is 0.0763. The Morgan fingerprint density at radius 1 is 1.19 bits per heavy atom. The molecule has 0 bridgehead atoms. The maximum absolute atomic E-state index is 15.0. The van der Waals surface area contributed by atoms with Crippen LogP contribution in [0.1, 0.15) is 29.9 Å². The predicted molar refractivity (Wildman–Crippen MR) is 110 cm³/mol. The molecule has 1 aliphatic heterocycles. The number of aromatic nitrogens is 3. The van der Waals surface area contributed by atoms with E-state index in [2.05, 4.69) is 10.1 Å². The second kappa shape index (κ2) is 7.24. The van der Waals surface area contributed by atoms with Gasteiger partial charge in [0.1, 0.15) is 11.6 Å². The van der Waals surface area contributed by atoms with E-state index in [0.29, 0.717) is 22.2 Å². The van der Waals surface area contributed by atoms with Crippen molar-refractivity contribution in [2.24, 2.45) is 7.05 Å². The first kappa shape index (κ1) is 17.1. The van der Waals surface area contributed by atoms with Crippen LogP contribution in [0.4, 0.5) is 8.78 Å². The second-order valence-electron chi connectivity index (χ2n) is 7.45. The molecule has 6 nitrogen and oxygen atoms in total. The largest absolute Gasteiger partial charge is 0.392 e. The maximum atomic E-state index is 15.0. The van der Waals surface area contributed by atoms with Crippen molar-refractivity contribution in [2.45, 2.75) is 19.6 Å². The van der Waals surface area contributed by atoms with Crippen molar-refractivity contribution in [3.05, 3.63) is 82.8 Å². The number of fused-ring (bicyclic) bond motifs is 2. The van der Waals surface area contributed by atoms with Crippen LogP contribution in [-0.4, -0.2) is 30.7 Å². The van der Waals surface area contributed by atoms with Gasteiger partial charge in [-0.2, -0.15) is 5.10 Å². The fraction of sp³-hybridized carbons (Fsp3) is 0.174. The summed E-state index contributed by atoms with van der Waals surface area (Å²) >= 11 is 0. The van der Waals surface area contributed by atoms with Gasteiger partial charge in [-0.25, -0.2) is 8.78 Å². The SMILES string of the molecule is [2H]C([2H])(O)c1cc(-c2cc(F)c(CN3Cc4ncccc4C3=O)c(F)c2)cc2cn(C)nc12. The van der Waals surface area contributed by atoms with Crippen LogP contribution in [0.25, 0.3) is 22.0 Å². The van der Waals surface area contributed by atoms with Gasteiger partial charge in [0.15, 0.2) is 0 Å². The van der Waals surface area contributed by atoms with Crippen molar-refractivity contribution in [1.29, 1.82) is 0 Å².